The number of nitrogens with zero attached hydrogens (tertiary/aromatic N) is 1. The topological polar surface area (TPSA) is 54.7 Å². The first-order valence-corrected chi connectivity index (χ1v) is 7.53. The zero-order valence-electron chi connectivity index (χ0n) is 11.9. The third-order valence-corrected chi connectivity index (χ3v) is 4.55. The average molecular weight is 342 g/mol. The van der Waals surface area contributed by atoms with Gasteiger partial charge in [-0.3, -0.25) is 5.10 Å². The monoisotopic (exact) mass is 341 g/mol. The molecule has 0 radical (unpaired) electrons. The zero-order chi connectivity index (χ0) is 15.0. The maximum atomic E-state index is 6.10. The Labute approximate surface area is 132 Å². The highest BCUT2D eigenvalue weighted by molar-refractivity contribution is 9.10. The normalized spacial score (nSPS) is 10.8. The highest BCUT2D eigenvalue weighted by atomic mass is 79.9. The fourth-order valence-electron chi connectivity index (χ4n) is 2.49. The minimum atomic E-state index is 0.528. The number of rotatable bonds is 2. The molecule has 0 saturated carbocycles. The molecule has 1 heterocycles. The smallest absolute Gasteiger partial charge is 0.153 e. The first-order chi connectivity index (χ1) is 10.1. The van der Waals surface area contributed by atoms with Gasteiger partial charge in [-0.05, 0) is 42.7 Å². The molecule has 21 heavy (non-hydrogen) atoms. The van der Waals surface area contributed by atoms with E-state index in [9.17, 15) is 0 Å². The molecular weight excluding hydrogens is 326 g/mol. The molecule has 0 unspecified atom stereocenters. The molecule has 0 atom stereocenters. The van der Waals surface area contributed by atoms with E-state index >= 15 is 0 Å². The van der Waals surface area contributed by atoms with Crippen molar-refractivity contribution in [3.8, 4) is 22.4 Å². The van der Waals surface area contributed by atoms with E-state index in [0.717, 1.165) is 26.9 Å². The summed E-state index contributed by atoms with van der Waals surface area (Å²) in [7, 11) is 0. The lowest BCUT2D eigenvalue weighted by Crippen LogP contribution is -1.91. The quantitative estimate of drug-likeness (QED) is 0.709. The Morgan fingerprint density at radius 1 is 1.05 bits per heavy atom. The number of benzene rings is 2. The van der Waals surface area contributed by atoms with Crippen molar-refractivity contribution < 1.29 is 0 Å². The Morgan fingerprint density at radius 3 is 2.52 bits per heavy atom. The standard InChI is InChI=1S/C17H16BrN3/c1-10-5-3-4-6-13(10)15-16(20-21-17(15)19)12-7-8-14(18)11(2)9-12/h3-9H,1-2H3,(H3,19,20,21). The van der Waals surface area contributed by atoms with E-state index in [1.54, 1.807) is 0 Å². The Bertz CT molecular complexity index is 806. The van der Waals surface area contributed by atoms with Crippen LogP contribution in [0.3, 0.4) is 0 Å². The third kappa shape index (κ3) is 2.47. The van der Waals surface area contributed by atoms with Gasteiger partial charge >= 0.3 is 0 Å². The van der Waals surface area contributed by atoms with Gasteiger partial charge in [0.05, 0.1) is 11.3 Å². The van der Waals surface area contributed by atoms with Crippen LogP contribution in [0.5, 0.6) is 0 Å². The number of halogens is 1. The first-order valence-electron chi connectivity index (χ1n) is 6.74. The van der Waals surface area contributed by atoms with Gasteiger partial charge in [0.25, 0.3) is 0 Å². The molecule has 106 valence electrons. The summed E-state index contributed by atoms with van der Waals surface area (Å²) in [6.45, 7) is 4.15. The maximum Gasteiger partial charge on any atom is 0.153 e. The maximum absolute atomic E-state index is 6.10. The molecule has 3 aromatic rings. The van der Waals surface area contributed by atoms with Gasteiger partial charge in [0.2, 0.25) is 0 Å². The Balaban J connectivity index is 2.22. The second-order valence-electron chi connectivity index (χ2n) is 5.14. The van der Waals surface area contributed by atoms with E-state index in [1.165, 1.54) is 11.1 Å². The van der Waals surface area contributed by atoms with Gasteiger partial charge in [-0.25, -0.2) is 0 Å². The van der Waals surface area contributed by atoms with Crippen LogP contribution in [0, 0.1) is 13.8 Å². The van der Waals surface area contributed by atoms with Gasteiger partial charge in [-0.2, -0.15) is 5.10 Å². The van der Waals surface area contributed by atoms with Crippen LogP contribution in [-0.2, 0) is 0 Å². The van der Waals surface area contributed by atoms with E-state index in [2.05, 4.69) is 64.2 Å². The summed E-state index contributed by atoms with van der Waals surface area (Å²) >= 11 is 3.53. The highest BCUT2D eigenvalue weighted by Gasteiger charge is 2.16. The molecule has 0 aliphatic carbocycles. The summed E-state index contributed by atoms with van der Waals surface area (Å²) in [5.74, 6) is 0.528. The van der Waals surface area contributed by atoms with Crippen molar-refractivity contribution in [1.29, 1.82) is 0 Å². The fourth-order valence-corrected chi connectivity index (χ4v) is 2.74. The summed E-state index contributed by atoms with van der Waals surface area (Å²) in [4.78, 5) is 0. The molecule has 1 aromatic heterocycles. The molecule has 3 rings (SSSR count). The van der Waals surface area contributed by atoms with Crippen LogP contribution < -0.4 is 5.73 Å². The molecule has 2 aromatic carbocycles. The van der Waals surface area contributed by atoms with Crippen LogP contribution in [0.4, 0.5) is 5.82 Å². The van der Waals surface area contributed by atoms with Gasteiger partial charge < -0.3 is 5.73 Å². The molecule has 0 aliphatic rings. The van der Waals surface area contributed by atoms with E-state index in [-0.39, 0.29) is 0 Å². The molecule has 4 heteroatoms. The van der Waals surface area contributed by atoms with Crippen LogP contribution in [-0.4, -0.2) is 10.2 Å². The van der Waals surface area contributed by atoms with Crippen molar-refractivity contribution in [3.05, 3.63) is 58.1 Å². The van der Waals surface area contributed by atoms with Gasteiger partial charge in [-0.15, -0.1) is 0 Å². The predicted octanol–water partition coefficient (Wildman–Crippen LogP) is 4.71. The Hall–Kier alpha value is -2.07. The number of hydrogen-bond acceptors (Lipinski definition) is 2. The number of aromatic amines is 1. The third-order valence-electron chi connectivity index (χ3n) is 3.66. The number of nitrogens with one attached hydrogen (secondary N) is 1. The number of H-pyrrole nitrogens is 1. The van der Waals surface area contributed by atoms with Crippen molar-refractivity contribution in [2.45, 2.75) is 13.8 Å². The second kappa shape index (κ2) is 5.37. The molecule has 0 bridgehead atoms. The van der Waals surface area contributed by atoms with E-state index in [0.29, 0.717) is 5.82 Å². The zero-order valence-corrected chi connectivity index (χ0v) is 13.5. The molecule has 3 nitrogen and oxygen atoms in total. The minimum absolute atomic E-state index is 0.528. The van der Waals surface area contributed by atoms with Crippen molar-refractivity contribution in [2.75, 3.05) is 5.73 Å². The SMILES string of the molecule is Cc1cc(-c2[nH]nc(N)c2-c2ccccc2C)ccc1Br. The number of nitrogen functional groups attached to an aromatic ring is 1. The van der Waals surface area contributed by atoms with E-state index in [4.69, 9.17) is 5.73 Å². The largest absolute Gasteiger partial charge is 0.382 e. The Morgan fingerprint density at radius 2 is 1.81 bits per heavy atom. The molecular formula is C17H16BrN3. The molecule has 0 amide bonds. The summed E-state index contributed by atoms with van der Waals surface area (Å²) in [5, 5.41) is 7.28. The van der Waals surface area contributed by atoms with Crippen LogP contribution in [0.1, 0.15) is 11.1 Å². The fraction of sp³-hybridized carbons (Fsp3) is 0.118. The lowest BCUT2D eigenvalue weighted by molar-refractivity contribution is 1.10. The predicted molar refractivity (Wildman–Crippen MR) is 91.0 cm³/mol. The van der Waals surface area contributed by atoms with Crippen molar-refractivity contribution in [1.82, 2.24) is 10.2 Å². The van der Waals surface area contributed by atoms with E-state index in [1.807, 2.05) is 18.2 Å². The van der Waals surface area contributed by atoms with Gasteiger partial charge in [0.1, 0.15) is 0 Å². The molecule has 0 spiro atoms. The number of aromatic nitrogens is 2. The average Bonchev–Trinajstić information content (AvgIpc) is 2.84. The lowest BCUT2D eigenvalue weighted by Gasteiger charge is -2.09. The highest BCUT2D eigenvalue weighted by Crippen LogP contribution is 2.37. The molecule has 0 saturated heterocycles. The molecule has 0 aliphatic heterocycles. The number of anilines is 1. The van der Waals surface area contributed by atoms with Crippen molar-refractivity contribution >= 4 is 21.7 Å². The Kier molecular flexibility index (Phi) is 3.55. The van der Waals surface area contributed by atoms with Crippen LogP contribution in [0.25, 0.3) is 22.4 Å². The van der Waals surface area contributed by atoms with Crippen molar-refractivity contribution in [3.63, 3.8) is 0 Å². The number of nitrogens with two attached hydrogens (primary N) is 1. The molecule has 3 N–H and O–H groups in total. The van der Waals surface area contributed by atoms with Gasteiger partial charge in [0, 0.05) is 10.0 Å². The first kappa shape index (κ1) is 13.9. The van der Waals surface area contributed by atoms with Crippen LogP contribution in [0.2, 0.25) is 0 Å². The summed E-state index contributed by atoms with van der Waals surface area (Å²) in [6, 6.07) is 14.4. The summed E-state index contributed by atoms with van der Waals surface area (Å²) in [5.41, 5.74) is 12.6. The number of aryl methyl sites for hydroxylation is 2. The van der Waals surface area contributed by atoms with Crippen LogP contribution >= 0.6 is 15.9 Å². The van der Waals surface area contributed by atoms with Gasteiger partial charge in [-0.1, -0.05) is 46.3 Å². The van der Waals surface area contributed by atoms with Gasteiger partial charge in [0.15, 0.2) is 5.82 Å². The number of hydrogen-bond donors (Lipinski definition) is 2. The molecule has 0 fully saturated rings. The minimum Gasteiger partial charge on any atom is -0.382 e. The van der Waals surface area contributed by atoms with Crippen LogP contribution in [0.15, 0.2) is 46.9 Å². The van der Waals surface area contributed by atoms with E-state index < -0.39 is 0 Å². The van der Waals surface area contributed by atoms with Crippen molar-refractivity contribution in [2.24, 2.45) is 0 Å². The second-order valence-corrected chi connectivity index (χ2v) is 5.99. The summed E-state index contributed by atoms with van der Waals surface area (Å²) in [6.07, 6.45) is 0. The summed E-state index contributed by atoms with van der Waals surface area (Å²) < 4.78 is 1.09. The lowest BCUT2D eigenvalue weighted by atomic mass is 9.97.